The first-order chi connectivity index (χ1) is 17.9. The van der Waals surface area contributed by atoms with Crippen LogP contribution in [0.25, 0.3) is 10.9 Å². The molecule has 3 heterocycles. The number of benzene rings is 2. The summed E-state index contributed by atoms with van der Waals surface area (Å²) in [6.45, 7) is 2.14. The second-order valence-corrected chi connectivity index (χ2v) is 10.9. The number of piperidine rings is 1. The topological polar surface area (TPSA) is 96.9 Å². The molecule has 1 saturated heterocycles. The molecule has 2 aliphatic heterocycles. The Balaban J connectivity index is 1.41. The van der Waals surface area contributed by atoms with Gasteiger partial charge in [-0.15, -0.1) is 0 Å². The maximum Gasteiger partial charge on any atom is 0.335 e. The van der Waals surface area contributed by atoms with E-state index in [-0.39, 0.29) is 41.3 Å². The number of likely N-dealkylation sites (tertiary alicyclic amines) is 1. The van der Waals surface area contributed by atoms with E-state index in [9.17, 15) is 24.2 Å². The quantitative estimate of drug-likeness (QED) is 0.483. The van der Waals surface area contributed by atoms with Crippen molar-refractivity contribution in [1.82, 2.24) is 14.8 Å². The summed E-state index contributed by atoms with van der Waals surface area (Å²) < 4.78 is 14.7. The number of carboxylic acid groups (broad SMARTS) is 1. The van der Waals surface area contributed by atoms with Crippen molar-refractivity contribution >= 4 is 22.8 Å². The SMILES string of the molecule is O=C(O)c1ccc2c3c([nH]c2c1)C(CO)N(Cc1ccccc1F)CC31CCN(C(=O)C2CCC2)CC1. The first-order valence-corrected chi connectivity index (χ1v) is 13.2. The van der Waals surface area contributed by atoms with Crippen molar-refractivity contribution in [3.63, 3.8) is 0 Å². The van der Waals surface area contributed by atoms with Crippen LogP contribution < -0.4 is 0 Å². The maximum absolute atomic E-state index is 14.7. The van der Waals surface area contributed by atoms with Gasteiger partial charge in [0.2, 0.25) is 5.91 Å². The van der Waals surface area contributed by atoms with E-state index in [0.717, 1.165) is 54.3 Å². The number of aliphatic hydroxyl groups is 1. The smallest absolute Gasteiger partial charge is 0.335 e. The Morgan fingerprint density at radius 1 is 1.11 bits per heavy atom. The van der Waals surface area contributed by atoms with Gasteiger partial charge < -0.3 is 20.1 Å². The zero-order valence-corrected chi connectivity index (χ0v) is 20.8. The summed E-state index contributed by atoms with van der Waals surface area (Å²) in [5.74, 6) is -0.844. The van der Waals surface area contributed by atoms with Crippen molar-refractivity contribution in [2.45, 2.75) is 50.1 Å². The number of halogens is 1. The van der Waals surface area contributed by atoms with Crippen LogP contribution in [0.4, 0.5) is 4.39 Å². The second-order valence-electron chi connectivity index (χ2n) is 10.9. The average Bonchev–Trinajstić information content (AvgIpc) is 3.24. The molecule has 37 heavy (non-hydrogen) atoms. The van der Waals surface area contributed by atoms with Gasteiger partial charge in [-0.2, -0.15) is 0 Å². The van der Waals surface area contributed by atoms with E-state index in [4.69, 9.17) is 0 Å². The molecule has 0 radical (unpaired) electrons. The van der Waals surface area contributed by atoms with Gasteiger partial charge in [-0.25, -0.2) is 9.18 Å². The Morgan fingerprint density at radius 2 is 1.86 bits per heavy atom. The lowest BCUT2D eigenvalue weighted by molar-refractivity contribution is -0.140. The van der Waals surface area contributed by atoms with Crippen LogP contribution in [0.1, 0.15) is 65.3 Å². The first-order valence-electron chi connectivity index (χ1n) is 13.2. The first kappa shape index (κ1) is 24.1. The Kier molecular flexibility index (Phi) is 6.04. The summed E-state index contributed by atoms with van der Waals surface area (Å²) in [5.41, 5.74) is 3.17. The number of nitrogens with zero attached hydrogens (tertiary/aromatic N) is 2. The Hall–Kier alpha value is -3.23. The monoisotopic (exact) mass is 505 g/mol. The Morgan fingerprint density at radius 3 is 2.51 bits per heavy atom. The van der Waals surface area contributed by atoms with Crippen LogP contribution in [0.3, 0.4) is 0 Å². The molecular formula is C29H32FN3O4. The Bertz CT molecular complexity index is 1360. The van der Waals surface area contributed by atoms with E-state index in [1.165, 1.54) is 6.07 Å². The lowest BCUT2D eigenvalue weighted by atomic mass is 9.68. The molecule has 1 unspecified atom stereocenters. The molecular weight excluding hydrogens is 473 g/mol. The molecule has 8 heteroatoms. The van der Waals surface area contributed by atoms with E-state index >= 15 is 0 Å². The third-order valence-corrected chi connectivity index (χ3v) is 8.88. The highest BCUT2D eigenvalue weighted by atomic mass is 19.1. The van der Waals surface area contributed by atoms with Gasteiger partial charge in [-0.1, -0.05) is 30.7 Å². The number of aromatic amines is 1. The van der Waals surface area contributed by atoms with Crippen LogP contribution in [0.2, 0.25) is 0 Å². The number of amides is 1. The van der Waals surface area contributed by atoms with E-state index in [2.05, 4.69) is 9.88 Å². The summed E-state index contributed by atoms with van der Waals surface area (Å²) in [5, 5.41) is 21.0. The predicted molar refractivity (Wildman–Crippen MR) is 137 cm³/mol. The van der Waals surface area contributed by atoms with Gasteiger partial charge in [0, 0.05) is 59.7 Å². The average molecular weight is 506 g/mol. The zero-order valence-electron chi connectivity index (χ0n) is 20.8. The van der Waals surface area contributed by atoms with Gasteiger partial charge in [0.1, 0.15) is 5.82 Å². The lowest BCUT2D eigenvalue weighted by Gasteiger charge is -2.50. The molecule has 1 amide bonds. The van der Waals surface area contributed by atoms with Crippen molar-refractivity contribution in [2.75, 3.05) is 26.2 Å². The number of H-pyrrole nitrogens is 1. The number of hydrogen-bond acceptors (Lipinski definition) is 4. The van der Waals surface area contributed by atoms with E-state index in [0.29, 0.717) is 31.7 Å². The number of aliphatic hydroxyl groups excluding tert-OH is 1. The van der Waals surface area contributed by atoms with Gasteiger partial charge >= 0.3 is 5.97 Å². The van der Waals surface area contributed by atoms with Crippen molar-refractivity contribution in [2.24, 2.45) is 5.92 Å². The summed E-state index contributed by atoms with van der Waals surface area (Å²) >= 11 is 0. The number of nitrogens with one attached hydrogen (secondary N) is 1. The maximum atomic E-state index is 14.7. The zero-order chi connectivity index (χ0) is 25.7. The molecule has 3 aromatic rings. The number of aromatic nitrogens is 1. The number of fused-ring (bicyclic) bond motifs is 4. The molecule has 1 aliphatic carbocycles. The van der Waals surface area contributed by atoms with Gasteiger partial charge in [-0.05, 0) is 49.4 Å². The van der Waals surface area contributed by atoms with Gasteiger partial charge in [0.25, 0.3) is 0 Å². The number of rotatable bonds is 5. The minimum Gasteiger partial charge on any atom is -0.478 e. The van der Waals surface area contributed by atoms with Crippen LogP contribution in [0.15, 0.2) is 42.5 Å². The lowest BCUT2D eigenvalue weighted by Crippen LogP contribution is -2.55. The minimum atomic E-state index is -0.994. The highest BCUT2D eigenvalue weighted by Crippen LogP contribution is 2.49. The molecule has 1 saturated carbocycles. The predicted octanol–water partition coefficient (Wildman–Crippen LogP) is 4.21. The molecule has 2 fully saturated rings. The van der Waals surface area contributed by atoms with Crippen LogP contribution in [0.5, 0.6) is 0 Å². The summed E-state index contributed by atoms with van der Waals surface area (Å²) in [6, 6.07) is 11.5. The normalized spacial score (nSPS) is 21.7. The van der Waals surface area contributed by atoms with Crippen molar-refractivity contribution < 1.29 is 24.2 Å². The largest absolute Gasteiger partial charge is 0.478 e. The third-order valence-electron chi connectivity index (χ3n) is 8.88. The van der Waals surface area contributed by atoms with Crippen LogP contribution in [-0.2, 0) is 16.8 Å². The third kappa shape index (κ3) is 4.03. The Labute approximate surface area is 214 Å². The fourth-order valence-electron chi connectivity index (χ4n) is 6.63. The van der Waals surface area contributed by atoms with Crippen molar-refractivity contribution in [1.29, 1.82) is 0 Å². The highest BCUT2D eigenvalue weighted by Gasteiger charge is 2.48. The molecule has 2 aromatic carbocycles. The molecule has 0 bridgehead atoms. The number of aromatic carboxylic acids is 1. The number of carbonyl (C=O) groups is 2. The fraction of sp³-hybridized carbons (Fsp3) is 0.448. The van der Waals surface area contributed by atoms with Crippen LogP contribution in [0, 0.1) is 11.7 Å². The molecule has 1 aromatic heterocycles. The standard InChI is InChI=1S/C29H32FN3O4/c30-22-7-2-1-4-20(22)15-33-17-29(10-12-32(13-11-29)27(35)18-5-3-6-18)25-21-9-8-19(28(36)37)14-23(21)31-26(25)24(33)16-34/h1-2,4,7-9,14,18,24,31,34H,3,5-6,10-13,15-17H2,(H,36,37). The summed E-state index contributed by atoms with van der Waals surface area (Å²) in [7, 11) is 0. The highest BCUT2D eigenvalue weighted by molar-refractivity contribution is 5.95. The molecule has 1 spiro atoms. The van der Waals surface area contributed by atoms with Gasteiger partial charge in [0.15, 0.2) is 0 Å². The van der Waals surface area contributed by atoms with Crippen molar-refractivity contribution in [3.8, 4) is 0 Å². The van der Waals surface area contributed by atoms with Crippen molar-refractivity contribution in [3.05, 3.63) is 70.7 Å². The van der Waals surface area contributed by atoms with Crippen LogP contribution >= 0.6 is 0 Å². The van der Waals surface area contributed by atoms with Gasteiger partial charge in [-0.3, -0.25) is 9.69 Å². The van der Waals surface area contributed by atoms with Crippen LogP contribution in [-0.4, -0.2) is 63.1 Å². The molecule has 6 rings (SSSR count). The summed E-state index contributed by atoms with van der Waals surface area (Å²) in [4.78, 5) is 32.2. The molecule has 1 atom stereocenters. The number of hydrogen-bond donors (Lipinski definition) is 3. The molecule has 3 N–H and O–H groups in total. The van der Waals surface area contributed by atoms with E-state index in [1.54, 1.807) is 24.3 Å². The van der Waals surface area contributed by atoms with E-state index in [1.807, 2.05) is 17.0 Å². The number of carbonyl (C=O) groups excluding carboxylic acids is 1. The second kappa shape index (κ2) is 9.26. The molecule has 7 nitrogen and oxygen atoms in total. The van der Waals surface area contributed by atoms with E-state index < -0.39 is 5.97 Å². The molecule has 3 aliphatic rings. The number of carboxylic acids is 1. The van der Waals surface area contributed by atoms with Gasteiger partial charge in [0.05, 0.1) is 18.2 Å². The summed E-state index contributed by atoms with van der Waals surface area (Å²) in [6.07, 6.45) is 4.61. The fourth-order valence-corrected chi connectivity index (χ4v) is 6.63. The molecule has 194 valence electrons. The minimum absolute atomic E-state index is 0.150.